The first-order valence-electron chi connectivity index (χ1n) is 20.0. The zero-order valence-corrected chi connectivity index (χ0v) is 32.7. The van der Waals surface area contributed by atoms with Crippen molar-refractivity contribution in [1.82, 2.24) is 15.0 Å². The van der Waals surface area contributed by atoms with Crippen LogP contribution in [-0.2, 0) is 5.41 Å². The van der Waals surface area contributed by atoms with Gasteiger partial charge in [-0.05, 0) is 88.0 Å². The average Bonchev–Trinajstić information content (AvgIpc) is 3.79. The fourth-order valence-electron chi connectivity index (χ4n) is 8.79. The standard InChI is InChI=1S/C54H38N4O/c1-54(2)46-24-14-12-22-42(46)43-31-30-41(34-47(43)54)58(39-20-10-5-11-21-39)40-28-26-35(27-29-40)38-32-45(50-44-23-13-15-25-48(44)59-49(50)33-38)53-56-51(36-16-6-3-7-17-36)55-52(57-53)37-18-8-4-9-19-37/h3-34H,1-2H3. The number of nitrogens with zero attached hydrogens (tertiary/aromatic N) is 4. The van der Waals surface area contributed by atoms with Crippen LogP contribution in [0.2, 0.25) is 0 Å². The molecule has 280 valence electrons. The van der Waals surface area contributed by atoms with Crippen molar-refractivity contribution in [3.8, 4) is 56.4 Å². The van der Waals surface area contributed by atoms with Gasteiger partial charge in [-0.15, -0.1) is 0 Å². The van der Waals surface area contributed by atoms with Gasteiger partial charge in [0, 0.05) is 49.9 Å². The van der Waals surface area contributed by atoms with Crippen molar-refractivity contribution >= 4 is 39.0 Å². The van der Waals surface area contributed by atoms with Gasteiger partial charge in [0.15, 0.2) is 17.5 Å². The third kappa shape index (κ3) is 5.90. The molecule has 8 aromatic carbocycles. The molecule has 0 saturated heterocycles. The van der Waals surface area contributed by atoms with Gasteiger partial charge in [-0.3, -0.25) is 0 Å². The lowest BCUT2D eigenvalue weighted by Crippen LogP contribution is -2.16. The maximum Gasteiger partial charge on any atom is 0.164 e. The highest BCUT2D eigenvalue weighted by molar-refractivity contribution is 6.13. The van der Waals surface area contributed by atoms with Crippen LogP contribution in [0.1, 0.15) is 25.0 Å². The van der Waals surface area contributed by atoms with E-state index in [0.717, 1.165) is 66.8 Å². The molecule has 0 amide bonds. The van der Waals surface area contributed by atoms with Gasteiger partial charge in [0.1, 0.15) is 11.2 Å². The lowest BCUT2D eigenvalue weighted by molar-refractivity contribution is 0.660. The zero-order valence-electron chi connectivity index (χ0n) is 32.7. The van der Waals surface area contributed by atoms with Gasteiger partial charge in [-0.25, -0.2) is 15.0 Å². The van der Waals surface area contributed by atoms with Crippen LogP contribution >= 0.6 is 0 Å². The van der Waals surface area contributed by atoms with Crippen molar-refractivity contribution in [2.24, 2.45) is 0 Å². The molecule has 1 aliphatic carbocycles. The molecule has 0 spiro atoms. The molecule has 1 aliphatic rings. The van der Waals surface area contributed by atoms with Crippen LogP contribution in [0.4, 0.5) is 17.1 Å². The van der Waals surface area contributed by atoms with Crippen molar-refractivity contribution < 1.29 is 4.42 Å². The average molecular weight is 759 g/mol. The Morgan fingerprint density at radius 2 is 0.949 bits per heavy atom. The van der Waals surface area contributed by atoms with E-state index in [2.05, 4.69) is 134 Å². The number of fused-ring (bicyclic) bond motifs is 6. The van der Waals surface area contributed by atoms with E-state index in [1.54, 1.807) is 0 Å². The van der Waals surface area contributed by atoms with Crippen LogP contribution in [0.15, 0.2) is 199 Å². The van der Waals surface area contributed by atoms with Crippen LogP contribution in [-0.4, -0.2) is 15.0 Å². The molecular formula is C54H38N4O. The maximum absolute atomic E-state index is 6.58. The summed E-state index contributed by atoms with van der Waals surface area (Å²) >= 11 is 0. The fourth-order valence-corrected chi connectivity index (χ4v) is 8.79. The van der Waals surface area contributed by atoms with E-state index in [1.807, 2.05) is 78.9 Å². The summed E-state index contributed by atoms with van der Waals surface area (Å²) in [6.07, 6.45) is 0. The highest BCUT2D eigenvalue weighted by atomic mass is 16.3. The van der Waals surface area contributed by atoms with Gasteiger partial charge in [0.25, 0.3) is 0 Å². The van der Waals surface area contributed by atoms with E-state index in [9.17, 15) is 0 Å². The molecule has 5 nitrogen and oxygen atoms in total. The van der Waals surface area contributed by atoms with Gasteiger partial charge in [0.05, 0.1) is 0 Å². The van der Waals surface area contributed by atoms with E-state index >= 15 is 0 Å². The molecule has 0 radical (unpaired) electrons. The predicted molar refractivity (Wildman–Crippen MR) is 241 cm³/mol. The second-order valence-electron chi connectivity index (χ2n) is 15.7. The number of rotatable bonds is 7. The van der Waals surface area contributed by atoms with E-state index in [-0.39, 0.29) is 5.41 Å². The molecule has 0 atom stereocenters. The number of hydrogen-bond donors (Lipinski definition) is 0. The summed E-state index contributed by atoms with van der Waals surface area (Å²) in [6, 6.07) is 67.9. The molecule has 0 bridgehead atoms. The third-order valence-electron chi connectivity index (χ3n) is 11.7. The van der Waals surface area contributed by atoms with Gasteiger partial charge in [-0.1, -0.05) is 153 Å². The summed E-state index contributed by atoms with van der Waals surface area (Å²) in [4.78, 5) is 17.6. The molecular weight excluding hydrogens is 721 g/mol. The highest BCUT2D eigenvalue weighted by Crippen LogP contribution is 2.51. The zero-order chi connectivity index (χ0) is 39.5. The molecule has 0 unspecified atom stereocenters. The first-order valence-corrected chi connectivity index (χ1v) is 20.0. The van der Waals surface area contributed by atoms with Gasteiger partial charge >= 0.3 is 0 Å². The number of anilines is 3. The molecule has 10 aromatic rings. The summed E-state index contributed by atoms with van der Waals surface area (Å²) in [5.74, 6) is 1.82. The topological polar surface area (TPSA) is 55.1 Å². The van der Waals surface area contributed by atoms with Gasteiger partial charge < -0.3 is 9.32 Å². The van der Waals surface area contributed by atoms with E-state index in [1.165, 1.54) is 22.3 Å². The minimum atomic E-state index is -0.108. The first kappa shape index (κ1) is 34.6. The van der Waals surface area contributed by atoms with Crippen LogP contribution in [0.3, 0.4) is 0 Å². The van der Waals surface area contributed by atoms with Crippen molar-refractivity contribution in [3.63, 3.8) is 0 Å². The summed E-state index contributed by atoms with van der Waals surface area (Å²) in [5.41, 5.74) is 14.9. The number of hydrogen-bond acceptors (Lipinski definition) is 5. The SMILES string of the molecule is CC1(C)c2ccccc2-c2ccc(N(c3ccccc3)c3ccc(-c4cc(-c5nc(-c6ccccc6)nc(-c6ccccc6)n5)c5c(c4)oc4ccccc45)cc3)cc21. The monoisotopic (exact) mass is 758 g/mol. The smallest absolute Gasteiger partial charge is 0.164 e. The van der Waals surface area contributed by atoms with Gasteiger partial charge in [0.2, 0.25) is 0 Å². The second-order valence-corrected chi connectivity index (χ2v) is 15.7. The van der Waals surface area contributed by atoms with E-state index in [4.69, 9.17) is 19.4 Å². The minimum Gasteiger partial charge on any atom is -0.456 e. The Hall–Kier alpha value is -7.63. The molecule has 2 heterocycles. The quantitative estimate of drug-likeness (QED) is 0.162. The Balaban J connectivity index is 1.05. The predicted octanol–water partition coefficient (Wildman–Crippen LogP) is 14.2. The number of benzene rings is 8. The van der Waals surface area contributed by atoms with Gasteiger partial charge in [-0.2, -0.15) is 0 Å². The molecule has 11 rings (SSSR count). The Labute approximate surface area is 342 Å². The first-order chi connectivity index (χ1) is 29.0. The van der Waals surface area contributed by atoms with E-state index in [0.29, 0.717) is 17.5 Å². The lowest BCUT2D eigenvalue weighted by Gasteiger charge is -2.28. The van der Waals surface area contributed by atoms with E-state index < -0.39 is 0 Å². The lowest BCUT2D eigenvalue weighted by atomic mass is 9.82. The molecule has 0 fully saturated rings. The van der Waals surface area contributed by atoms with Crippen molar-refractivity contribution in [1.29, 1.82) is 0 Å². The number of aromatic nitrogens is 3. The highest BCUT2D eigenvalue weighted by Gasteiger charge is 2.35. The number of para-hydroxylation sites is 2. The largest absolute Gasteiger partial charge is 0.456 e. The summed E-state index contributed by atoms with van der Waals surface area (Å²) < 4.78 is 6.58. The van der Waals surface area contributed by atoms with Crippen LogP contribution in [0.25, 0.3) is 78.4 Å². The minimum absolute atomic E-state index is 0.108. The van der Waals surface area contributed by atoms with Crippen LogP contribution in [0, 0.1) is 0 Å². The Bertz CT molecular complexity index is 3120. The summed E-state index contributed by atoms with van der Waals surface area (Å²) in [5, 5.41) is 1.99. The molecule has 2 aromatic heterocycles. The summed E-state index contributed by atoms with van der Waals surface area (Å²) in [7, 11) is 0. The molecule has 59 heavy (non-hydrogen) atoms. The second kappa shape index (κ2) is 13.8. The van der Waals surface area contributed by atoms with Crippen LogP contribution in [0.5, 0.6) is 0 Å². The Morgan fingerprint density at radius 1 is 0.390 bits per heavy atom. The normalized spacial score (nSPS) is 12.7. The molecule has 0 N–H and O–H groups in total. The Morgan fingerprint density at radius 3 is 1.66 bits per heavy atom. The van der Waals surface area contributed by atoms with Crippen molar-refractivity contribution in [2.45, 2.75) is 19.3 Å². The Kier molecular flexibility index (Phi) is 8.09. The molecule has 0 saturated carbocycles. The van der Waals surface area contributed by atoms with Crippen molar-refractivity contribution in [2.75, 3.05) is 4.90 Å². The fraction of sp³-hybridized carbons (Fsp3) is 0.0556. The van der Waals surface area contributed by atoms with Crippen molar-refractivity contribution in [3.05, 3.63) is 205 Å². The maximum atomic E-state index is 6.58. The summed E-state index contributed by atoms with van der Waals surface area (Å²) in [6.45, 7) is 4.66. The molecule has 0 aliphatic heterocycles. The third-order valence-corrected chi connectivity index (χ3v) is 11.7. The number of furan rings is 1. The van der Waals surface area contributed by atoms with Crippen LogP contribution < -0.4 is 4.90 Å². The molecule has 5 heteroatoms.